The molecule has 0 radical (unpaired) electrons. The first kappa shape index (κ1) is 26.8. The van der Waals surface area contributed by atoms with Gasteiger partial charge in [-0.1, -0.05) is 31.2 Å². The van der Waals surface area contributed by atoms with E-state index in [0.29, 0.717) is 30.0 Å². The molecule has 1 atom stereocenters. The van der Waals surface area contributed by atoms with Crippen molar-refractivity contribution >= 4 is 33.2 Å². The van der Waals surface area contributed by atoms with Gasteiger partial charge in [-0.2, -0.15) is 0 Å². The van der Waals surface area contributed by atoms with E-state index in [-0.39, 0.29) is 17.4 Å². The third-order valence-corrected chi connectivity index (χ3v) is 6.65. The van der Waals surface area contributed by atoms with Crippen molar-refractivity contribution < 1.29 is 23.2 Å². The maximum atomic E-state index is 12.5. The molecule has 0 saturated heterocycles. The lowest BCUT2D eigenvalue weighted by Crippen LogP contribution is -2.37. The molecule has 13 heteroatoms. The second-order valence-electron chi connectivity index (χ2n) is 8.65. The van der Waals surface area contributed by atoms with Gasteiger partial charge in [-0.05, 0) is 54.3 Å². The van der Waals surface area contributed by atoms with Gasteiger partial charge in [0.25, 0.3) is 5.91 Å². The van der Waals surface area contributed by atoms with Crippen LogP contribution >= 0.6 is 0 Å². The van der Waals surface area contributed by atoms with Crippen LogP contribution in [-0.2, 0) is 32.7 Å². The summed E-state index contributed by atoms with van der Waals surface area (Å²) in [6.07, 6.45) is 1.92. The van der Waals surface area contributed by atoms with Crippen LogP contribution in [0, 0.1) is 11.8 Å². The lowest BCUT2D eigenvalue weighted by molar-refractivity contribution is -0.139. The van der Waals surface area contributed by atoms with Gasteiger partial charge in [0.05, 0.1) is 29.9 Å². The van der Waals surface area contributed by atoms with Crippen LogP contribution in [0.25, 0.3) is 0 Å². The highest BCUT2D eigenvalue weighted by Gasteiger charge is 2.27. The van der Waals surface area contributed by atoms with Gasteiger partial charge in [0.1, 0.15) is 5.92 Å². The molecule has 0 spiro atoms. The molecule has 2 amide bonds. The summed E-state index contributed by atoms with van der Waals surface area (Å²) in [7, 11) is -3.72. The van der Waals surface area contributed by atoms with E-state index in [0.717, 1.165) is 5.56 Å². The molecule has 6 N–H and O–H groups in total. The number of aromatic nitrogens is 3. The molecule has 1 heterocycles. The highest BCUT2D eigenvalue weighted by Crippen LogP contribution is 2.17. The van der Waals surface area contributed by atoms with Crippen LogP contribution in [0.3, 0.4) is 0 Å². The fourth-order valence-electron chi connectivity index (χ4n) is 3.39. The number of nitrogens with zero attached hydrogens (tertiary/aromatic N) is 3. The largest absolute Gasteiger partial charge is 0.399 e. The molecular weight excluding hydrogens is 486 g/mol. The van der Waals surface area contributed by atoms with Crippen molar-refractivity contribution in [3.8, 4) is 0 Å². The molecule has 0 aliphatic rings. The quantitative estimate of drug-likeness (QED) is 0.110. The van der Waals surface area contributed by atoms with Crippen LogP contribution in [0.4, 0.5) is 11.4 Å². The number of hydrogen-bond acceptors (Lipinski definition) is 8. The van der Waals surface area contributed by atoms with Crippen LogP contribution < -0.4 is 21.3 Å². The Hall–Kier alpha value is -3.81. The zero-order valence-corrected chi connectivity index (χ0v) is 20.7. The predicted molar refractivity (Wildman–Crippen MR) is 132 cm³/mol. The van der Waals surface area contributed by atoms with Crippen molar-refractivity contribution in [2.75, 3.05) is 11.1 Å². The van der Waals surface area contributed by atoms with Crippen LogP contribution in [0.1, 0.15) is 31.5 Å². The summed E-state index contributed by atoms with van der Waals surface area (Å²) in [5.41, 5.74) is 9.41. The maximum Gasteiger partial charge on any atom is 0.255 e. The number of benzene rings is 2. The number of carbonyl (C=O) groups excluding carboxylic acids is 2. The van der Waals surface area contributed by atoms with E-state index in [1.165, 1.54) is 24.3 Å². The summed E-state index contributed by atoms with van der Waals surface area (Å²) in [4.78, 5) is 24.5. The standard InChI is InChI=1S/C23H29N7O5S/c1-15(2)11-21(23(32)28-33)22(31)26-18-7-3-16(4-8-18)13-30-14-19(27-29-30)12-25-36(34,35)20-9-5-17(24)6-10-20/h3-10,14-15,21,25,33H,11-13,24H2,1-2H3,(H,26,31)(H,28,32). The summed E-state index contributed by atoms with van der Waals surface area (Å²) < 4.78 is 28.8. The molecule has 0 saturated carbocycles. The summed E-state index contributed by atoms with van der Waals surface area (Å²) in [5, 5.41) is 19.6. The number of sulfonamides is 1. The minimum absolute atomic E-state index is 0.0311. The number of anilines is 2. The van der Waals surface area contributed by atoms with E-state index in [2.05, 4.69) is 20.4 Å². The van der Waals surface area contributed by atoms with Crippen LogP contribution in [0.2, 0.25) is 0 Å². The highest BCUT2D eigenvalue weighted by atomic mass is 32.2. The van der Waals surface area contributed by atoms with E-state index in [9.17, 15) is 18.0 Å². The molecule has 1 aromatic heterocycles. The van der Waals surface area contributed by atoms with Gasteiger partial charge in [0.15, 0.2) is 0 Å². The zero-order chi connectivity index (χ0) is 26.3. The van der Waals surface area contributed by atoms with Gasteiger partial charge >= 0.3 is 0 Å². The number of hydrogen-bond donors (Lipinski definition) is 5. The molecule has 12 nitrogen and oxygen atoms in total. The smallest absolute Gasteiger partial charge is 0.255 e. The third-order valence-electron chi connectivity index (χ3n) is 5.24. The first-order valence-corrected chi connectivity index (χ1v) is 12.6. The number of nitrogens with two attached hydrogens (primary N) is 1. The molecule has 2 aromatic carbocycles. The fourth-order valence-corrected chi connectivity index (χ4v) is 4.39. The number of carbonyl (C=O) groups is 2. The van der Waals surface area contributed by atoms with Gasteiger partial charge < -0.3 is 11.1 Å². The molecule has 0 fully saturated rings. The summed E-state index contributed by atoms with van der Waals surface area (Å²) in [5.74, 6) is -2.19. The van der Waals surface area contributed by atoms with Gasteiger partial charge in [-0.25, -0.2) is 23.3 Å². The zero-order valence-electron chi connectivity index (χ0n) is 19.9. The van der Waals surface area contributed by atoms with Gasteiger partial charge in [0, 0.05) is 11.4 Å². The Bertz CT molecular complexity index is 1290. The average molecular weight is 516 g/mol. The van der Waals surface area contributed by atoms with E-state index in [4.69, 9.17) is 10.9 Å². The minimum Gasteiger partial charge on any atom is -0.399 e. The fraction of sp³-hybridized carbons (Fsp3) is 0.304. The van der Waals surface area contributed by atoms with E-state index < -0.39 is 27.8 Å². The lowest BCUT2D eigenvalue weighted by Gasteiger charge is -2.17. The van der Waals surface area contributed by atoms with Crippen LogP contribution in [0.15, 0.2) is 59.6 Å². The Balaban J connectivity index is 1.56. The monoisotopic (exact) mass is 515 g/mol. The summed E-state index contributed by atoms with van der Waals surface area (Å²) in [6, 6.07) is 12.8. The molecule has 0 aliphatic carbocycles. The van der Waals surface area contributed by atoms with E-state index in [1.807, 2.05) is 13.8 Å². The van der Waals surface area contributed by atoms with Crippen LogP contribution in [-0.4, -0.2) is 40.4 Å². The third kappa shape index (κ3) is 7.34. The lowest BCUT2D eigenvalue weighted by atomic mass is 9.95. The number of nitrogens with one attached hydrogen (secondary N) is 3. The second-order valence-corrected chi connectivity index (χ2v) is 10.4. The molecule has 0 bridgehead atoms. The number of rotatable bonds is 11. The van der Waals surface area contributed by atoms with Crippen molar-refractivity contribution in [1.82, 2.24) is 25.2 Å². The predicted octanol–water partition coefficient (Wildman–Crippen LogP) is 1.49. The van der Waals surface area contributed by atoms with E-state index in [1.54, 1.807) is 40.6 Å². The average Bonchev–Trinajstić information content (AvgIpc) is 3.29. The van der Waals surface area contributed by atoms with Gasteiger partial charge in [0.2, 0.25) is 15.9 Å². The SMILES string of the molecule is CC(C)CC(C(=O)NO)C(=O)Nc1ccc(Cn2cc(CNS(=O)(=O)c3ccc(N)cc3)nn2)cc1. The van der Waals surface area contributed by atoms with Gasteiger partial charge in [-0.15, -0.1) is 5.10 Å². The molecule has 192 valence electrons. The number of nitrogen functional groups attached to an aromatic ring is 1. The van der Waals surface area contributed by atoms with E-state index >= 15 is 0 Å². The van der Waals surface area contributed by atoms with Crippen LogP contribution in [0.5, 0.6) is 0 Å². The Morgan fingerprint density at radius 1 is 1.06 bits per heavy atom. The van der Waals surface area contributed by atoms with Crippen molar-refractivity contribution in [3.63, 3.8) is 0 Å². The Labute approximate surface area is 208 Å². The van der Waals surface area contributed by atoms with Crippen molar-refractivity contribution in [1.29, 1.82) is 0 Å². The normalized spacial score (nSPS) is 12.3. The molecule has 3 rings (SSSR count). The first-order valence-electron chi connectivity index (χ1n) is 11.2. The second kappa shape index (κ2) is 11.7. The molecule has 36 heavy (non-hydrogen) atoms. The Kier molecular flexibility index (Phi) is 8.74. The molecule has 3 aromatic rings. The topological polar surface area (TPSA) is 181 Å². The molecule has 1 unspecified atom stereocenters. The molecular formula is C23H29N7O5S. The summed E-state index contributed by atoms with van der Waals surface area (Å²) in [6.45, 7) is 4.10. The van der Waals surface area contributed by atoms with Crippen molar-refractivity contribution in [2.24, 2.45) is 11.8 Å². The van der Waals surface area contributed by atoms with Crippen molar-refractivity contribution in [2.45, 2.75) is 38.3 Å². The summed E-state index contributed by atoms with van der Waals surface area (Å²) >= 11 is 0. The first-order chi connectivity index (χ1) is 17.1. The Morgan fingerprint density at radius 2 is 1.72 bits per heavy atom. The molecule has 0 aliphatic heterocycles. The number of amides is 2. The van der Waals surface area contributed by atoms with Gasteiger partial charge in [-0.3, -0.25) is 14.8 Å². The van der Waals surface area contributed by atoms with Crippen molar-refractivity contribution in [3.05, 3.63) is 66.0 Å². The maximum absolute atomic E-state index is 12.5. The highest BCUT2D eigenvalue weighted by molar-refractivity contribution is 7.89. The Morgan fingerprint density at radius 3 is 2.33 bits per heavy atom. The minimum atomic E-state index is -3.72. The number of hydroxylamine groups is 1.